The minimum absolute atomic E-state index is 0.0251. The summed E-state index contributed by atoms with van der Waals surface area (Å²) in [7, 11) is 0. The van der Waals surface area contributed by atoms with Crippen molar-refractivity contribution >= 4 is 17.9 Å². The molecule has 2 aliphatic rings. The fraction of sp³-hybridized carbons (Fsp3) is 0.750. The van der Waals surface area contributed by atoms with Gasteiger partial charge in [0.15, 0.2) is 0 Å². The molecule has 1 heterocycles. The van der Waals surface area contributed by atoms with E-state index >= 15 is 0 Å². The molecular formula is C12H19N3O4. The molecule has 0 bridgehead atoms. The Labute approximate surface area is 111 Å². The van der Waals surface area contributed by atoms with Crippen LogP contribution in [0.25, 0.3) is 0 Å². The van der Waals surface area contributed by atoms with Gasteiger partial charge < -0.3 is 20.6 Å². The summed E-state index contributed by atoms with van der Waals surface area (Å²) in [5, 5.41) is 14.5. The number of hydrogen-bond acceptors (Lipinski definition) is 3. The number of aliphatic carboxylic acids is 1. The van der Waals surface area contributed by atoms with Crippen molar-refractivity contribution in [3.8, 4) is 0 Å². The van der Waals surface area contributed by atoms with E-state index in [0.29, 0.717) is 13.1 Å². The fourth-order valence-electron chi connectivity index (χ4n) is 2.34. The highest BCUT2D eigenvalue weighted by Crippen LogP contribution is 2.39. The van der Waals surface area contributed by atoms with Crippen molar-refractivity contribution in [3.63, 3.8) is 0 Å². The van der Waals surface area contributed by atoms with E-state index in [1.54, 1.807) is 6.92 Å². The van der Waals surface area contributed by atoms with Gasteiger partial charge in [-0.25, -0.2) is 9.59 Å². The fourth-order valence-corrected chi connectivity index (χ4v) is 2.34. The molecule has 2 rings (SSSR count). The molecule has 1 saturated heterocycles. The minimum Gasteiger partial charge on any atom is -0.480 e. The van der Waals surface area contributed by atoms with Gasteiger partial charge in [0, 0.05) is 13.1 Å². The molecule has 2 unspecified atom stereocenters. The van der Waals surface area contributed by atoms with E-state index < -0.39 is 23.6 Å². The van der Waals surface area contributed by atoms with E-state index in [1.807, 2.05) is 0 Å². The highest BCUT2D eigenvalue weighted by molar-refractivity contribution is 5.91. The maximum atomic E-state index is 12.2. The second-order valence-corrected chi connectivity index (χ2v) is 5.37. The van der Waals surface area contributed by atoms with Gasteiger partial charge in [-0.15, -0.1) is 0 Å². The number of carboxylic acids is 1. The average Bonchev–Trinajstić information content (AvgIpc) is 3.16. The van der Waals surface area contributed by atoms with Crippen LogP contribution < -0.4 is 10.6 Å². The first-order valence-electron chi connectivity index (χ1n) is 6.46. The highest BCUT2D eigenvalue weighted by Gasteiger charge is 2.49. The number of hydrogen-bond donors (Lipinski definition) is 3. The van der Waals surface area contributed by atoms with Gasteiger partial charge in [-0.3, -0.25) is 4.79 Å². The van der Waals surface area contributed by atoms with E-state index in [4.69, 9.17) is 0 Å². The zero-order chi connectivity index (χ0) is 14.2. The van der Waals surface area contributed by atoms with E-state index in [1.165, 1.54) is 11.8 Å². The molecule has 2 atom stereocenters. The lowest BCUT2D eigenvalue weighted by atomic mass is 9.96. The standard InChI is InChI=1S/C12H19N3O4/c1-7-9(16)13-5-6-15(7)11(19)14-12(2,10(17)18)8-3-4-8/h7-8H,3-6H2,1-2H3,(H,13,16)(H,14,19)(H,17,18). The topological polar surface area (TPSA) is 98.7 Å². The average molecular weight is 269 g/mol. The molecule has 2 fully saturated rings. The van der Waals surface area contributed by atoms with Gasteiger partial charge in [0.05, 0.1) is 0 Å². The van der Waals surface area contributed by atoms with E-state index in [9.17, 15) is 19.5 Å². The summed E-state index contributed by atoms with van der Waals surface area (Å²) in [6.07, 6.45) is 1.61. The Balaban J connectivity index is 2.07. The molecule has 0 aromatic heterocycles. The lowest BCUT2D eigenvalue weighted by Crippen LogP contribution is -2.63. The van der Waals surface area contributed by atoms with E-state index in [-0.39, 0.29) is 11.8 Å². The number of carbonyl (C=O) groups is 3. The number of carbonyl (C=O) groups excluding carboxylic acids is 2. The van der Waals surface area contributed by atoms with Gasteiger partial charge in [0.1, 0.15) is 11.6 Å². The number of nitrogens with zero attached hydrogens (tertiary/aromatic N) is 1. The molecular weight excluding hydrogens is 250 g/mol. The van der Waals surface area contributed by atoms with E-state index in [2.05, 4.69) is 10.6 Å². The second kappa shape index (κ2) is 4.71. The Morgan fingerprint density at radius 2 is 2.11 bits per heavy atom. The first kappa shape index (κ1) is 13.6. The van der Waals surface area contributed by atoms with Crippen LogP contribution in [0.5, 0.6) is 0 Å². The number of amides is 3. The van der Waals surface area contributed by atoms with Crippen molar-refractivity contribution in [2.24, 2.45) is 5.92 Å². The molecule has 0 radical (unpaired) electrons. The summed E-state index contributed by atoms with van der Waals surface area (Å²) in [5.41, 5.74) is -1.25. The lowest BCUT2D eigenvalue weighted by molar-refractivity contribution is -0.144. The summed E-state index contributed by atoms with van der Waals surface area (Å²) in [5.74, 6) is -1.27. The van der Waals surface area contributed by atoms with Gasteiger partial charge in [-0.2, -0.15) is 0 Å². The molecule has 1 aliphatic carbocycles. The Bertz CT molecular complexity index is 421. The summed E-state index contributed by atoms with van der Waals surface area (Å²) >= 11 is 0. The number of urea groups is 1. The molecule has 0 aromatic carbocycles. The smallest absolute Gasteiger partial charge is 0.329 e. The highest BCUT2D eigenvalue weighted by atomic mass is 16.4. The van der Waals surface area contributed by atoms with Crippen molar-refractivity contribution in [1.82, 2.24) is 15.5 Å². The van der Waals surface area contributed by atoms with Crippen molar-refractivity contribution < 1.29 is 19.5 Å². The van der Waals surface area contributed by atoms with Crippen LogP contribution in [0.1, 0.15) is 26.7 Å². The quantitative estimate of drug-likeness (QED) is 0.659. The van der Waals surface area contributed by atoms with Crippen LogP contribution in [-0.4, -0.2) is 52.6 Å². The van der Waals surface area contributed by atoms with Gasteiger partial charge in [-0.05, 0) is 32.6 Å². The predicted octanol–water partition coefficient (Wildman–Crippen LogP) is -0.230. The molecule has 3 amide bonds. The van der Waals surface area contributed by atoms with Crippen molar-refractivity contribution in [3.05, 3.63) is 0 Å². The molecule has 7 heteroatoms. The van der Waals surface area contributed by atoms with Crippen LogP contribution in [0.4, 0.5) is 4.79 Å². The normalized spacial score (nSPS) is 26.3. The summed E-state index contributed by atoms with van der Waals surface area (Å²) in [6, 6.07) is -1.06. The summed E-state index contributed by atoms with van der Waals surface area (Å²) in [4.78, 5) is 36.4. The maximum absolute atomic E-state index is 12.2. The first-order valence-corrected chi connectivity index (χ1v) is 6.46. The Morgan fingerprint density at radius 1 is 1.47 bits per heavy atom. The van der Waals surface area contributed by atoms with Gasteiger partial charge in [-0.1, -0.05) is 0 Å². The van der Waals surface area contributed by atoms with Crippen LogP contribution in [-0.2, 0) is 9.59 Å². The number of nitrogens with one attached hydrogen (secondary N) is 2. The molecule has 7 nitrogen and oxygen atoms in total. The predicted molar refractivity (Wildman–Crippen MR) is 66.5 cm³/mol. The largest absolute Gasteiger partial charge is 0.480 e. The zero-order valence-corrected chi connectivity index (χ0v) is 11.1. The minimum atomic E-state index is -1.25. The van der Waals surface area contributed by atoms with Crippen molar-refractivity contribution in [1.29, 1.82) is 0 Å². The Kier molecular flexibility index (Phi) is 3.38. The maximum Gasteiger partial charge on any atom is 0.329 e. The number of carboxylic acid groups (broad SMARTS) is 1. The molecule has 19 heavy (non-hydrogen) atoms. The molecule has 106 valence electrons. The van der Waals surface area contributed by atoms with E-state index in [0.717, 1.165) is 12.8 Å². The van der Waals surface area contributed by atoms with Crippen molar-refractivity contribution in [2.75, 3.05) is 13.1 Å². The first-order chi connectivity index (χ1) is 8.86. The van der Waals surface area contributed by atoms with Gasteiger partial charge in [0.2, 0.25) is 5.91 Å². The molecule has 3 N–H and O–H groups in total. The number of rotatable bonds is 3. The van der Waals surface area contributed by atoms with Crippen molar-refractivity contribution in [2.45, 2.75) is 38.3 Å². The third kappa shape index (κ3) is 2.50. The molecule has 1 saturated carbocycles. The molecule has 1 aliphatic heterocycles. The molecule has 0 aromatic rings. The van der Waals surface area contributed by atoms with Crippen LogP contribution in [0.2, 0.25) is 0 Å². The van der Waals surface area contributed by atoms with Crippen LogP contribution in [0, 0.1) is 5.92 Å². The SMILES string of the molecule is CC1C(=O)NCCN1C(=O)NC(C)(C(=O)O)C1CC1. The van der Waals surface area contributed by atoms with Crippen LogP contribution in [0.15, 0.2) is 0 Å². The zero-order valence-electron chi connectivity index (χ0n) is 11.1. The Hall–Kier alpha value is -1.79. The number of piperazine rings is 1. The Morgan fingerprint density at radius 3 is 2.63 bits per heavy atom. The van der Waals surface area contributed by atoms with Gasteiger partial charge in [0.25, 0.3) is 0 Å². The monoisotopic (exact) mass is 269 g/mol. The van der Waals surface area contributed by atoms with Crippen LogP contribution in [0.3, 0.4) is 0 Å². The summed E-state index contributed by atoms with van der Waals surface area (Å²) < 4.78 is 0. The molecule has 0 spiro atoms. The second-order valence-electron chi connectivity index (χ2n) is 5.37. The summed E-state index contributed by atoms with van der Waals surface area (Å²) in [6.45, 7) is 3.94. The van der Waals surface area contributed by atoms with Crippen LogP contribution >= 0.6 is 0 Å². The lowest BCUT2D eigenvalue weighted by Gasteiger charge is -2.36. The van der Waals surface area contributed by atoms with Gasteiger partial charge >= 0.3 is 12.0 Å². The third-order valence-corrected chi connectivity index (χ3v) is 3.96. The third-order valence-electron chi connectivity index (χ3n) is 3.96.